The van der Waals surface area contributed by atoms with Crippen LogP contribution in [0.25, 0.3) is 16.8 Å². The molecule has 43 heavy (non-hydrogen) atoms. The van der Waals surface area contributed by atoms with Crippen LogP contribution in [0.2, 0.25) is 0 Å². The number of carbonyl (C=O) groups excluding carboxylic acids is 1. The number of methoxy groups -OCH3 is 1. The molecule has 0 bridgehead atoms. The smallest absolute Gasteiger partial charge is 0.271 e. The fourth-order valence-corrected chi connectivity index (χ4v) is 8.55. The van der Waals surface area contributed by atoms with Crippen LogP contribution in [0.15, 0.2) is 82.2 Å². The van der Waals surface area contributed by atoms with Gasteiger partial charge in [-0.05, 0) is 107 Å². The molecule has 2 heterocycles. The summed E-state index contributed by atoms with van der Waals surface area (Å²) >= 11 is 5.81. The standard InChI is InChI=1S/C33H31I2N3O4S/c1-6-15-42-30-23(34)16-20(17-24(30)35)18-26-31(39)38-29(28-22-12-10-9-11-21(22)13-14-25(28)41-5)27(19(4)36-33(38)43-26)32(40)37(7-2)8-3/h6,9-14,16-18,29H,1,7-8,15H2,2-5H3/b26-18+/t29-/m1/s1. The molecule has 7 nitrogen and oxygen atoms in total. The molecule has 0 N–H and O–H groups in total. The molecule has 10 heteroatoms. The van der Waals surface area contributed by atoms with E-state index in [1.54, 1.807) is 22.7 Å². The lowest BCUT2D eigenvalue weighted by Gasteiger charge is -2.30. The van der Waals surface area contributed by atoms with Crippen molar-refractivity contribution in [3.63, 3.8) is 0 Å². The van der Waals surface area contributed by atoms with Crippen LogP contribution in [0.4, 0.5) is 0 Å². The largest absolute Gasteiger partial charge is 0.496 e. The van der Waals surface area contributed by atoms with E-state index >= 15 is 0 Å². The Morgan fingerprint density at radius 1 is 1.14 bits per heavy atom. The number of fused-ring (bicyclic) bond motifs is 2. The van der Waals surface area contributed by atoms with E-state index in [0.29, 0.717) is 46.0 Å². The maximum Gasteiger partial charge on any atom is 0.271 e. The minimum atomic E-state index is -0.720. The van der Waals surface area contributed by atoms with Crippen molar-refractivity contribution in [2.24, 2.45) is 4.99 Å². The molecule has 0 saturated carbocycles. The summed E-state index contributed by atoms with van der Waals surface area (Å²) in [4.78, 5) is 35.6. The first kappa shape index (κ1) is 31.5. The zero-order valence-electron chi connectivity index (χ0n) is 24.3. The summed E-state index contributed by atoms with van der Waals surface area (Å²) in [5.41, 5.74) is 2.51. The molecule has 222 valence electrons. The van der Waals surface area contributed by atoms with Crippen molar-refractivity contribution >= 4 is 79.3 Å². The van der Waals surface area contributed by atoms with E-state index in [4.69, 9.17) is 14.5 Å². The number of hydrogen-bond acceptors (Lipinski definition) is 6. The quantitative estimate of drug-likeness (QED) is 0.153. The summed E-state index contributed by atoms with van der Waals surface area (Å²) < 4.78 is 15.8. The molecule has 3 aromatic carbocycles. The Labute approximate surface area is 281 Å². The highest BCUT2D eigenvalue weighted by Gasteiger charge is 2.36. The third-order valence-electron chi connectivity index (χ3n) is 7.39. The highest BCUT2D eigenvalue weighted by atomic mass is 127. The van der Waals surface area contributed by atoms with Crippen molar-refractivity contribution in [3.05, 3.63) is 110 Å². The third kappa shape index (κ3) is 5.93. The number of carbonyl (C=O) groups is 1. The second-order valence-electron chi connectivity index (χ2n) is 9.88. The predicted octanol–water partition coefficient (Wildman–Crippen LogP) is 6.04. The number of ether oxygens (including phenoxy) is 2. The lowest BCUT2D eigenvalue weighted by Crippen LogP contribution is -2.43. The van der Waals surface area contributed by atoms with Gasteiger partial charge in [-0.15, -0.1) is 0 Å². The van der Waals surface area contributed by atoms with Crippen LogP contribution in [-0.4, -0.2) is 42.2 Å². The highest BCUT2D eigenvalue weighted by Crippen LogP contribution is 2.40. The van der Waals surface area contributed by atoms with Gasteiger partial charge in [0.15, 0.2) is 4.80 Å². The second-order valence-corrected chi connectivity index (χ2v) is 13.2. The average molecular weight is 820 g/mol. The van der Waals surface area contributed by atoms with Crippen molar-refractivity contribution in [3.8, 4) is 11.5 Å². The van der Waals surface area contributed by atoms with Gasteiger partial charge in [0.05, 0.1) is 30.1 Å². The fraction of sp³-hybridized carbons (Fsp3) is 0.242. The molecule has 0 spiro atoms. The minimum absolute atomic E-state index is 0.139. The molecule has 0 unspecified atom stereocenters. The zero-order valence-corrected chi connectivity index (χ0v) is 29.4. The van der Waals surface area contributed by atoms with Crippen LogP contribution in [-0.2, 0) is 4.79 Å². The van der Waals surface area contributed by atoms with Gasteiger partial charge in [-0.1, -0.05) is 54.3 Å². The minimum Gasteiger partial charge on any atom is -0.496 e. The van der Waals surface area contributed by atoms with Gasteiger partial charge in [0, 0.05) is 18.7 Å². The molecule has 1 aliphatic heterocycles. The molecule has 0 aliphatic carbocycles. The Morgan fingerprint density at radius 3 is 2.49 bits per heavy atom. The van der Waals surface area contributed by atoms with Gasteiger partial charge in [0.1, 0.15) is 24.1 Å². The Kier molecular flexibility index (Phi) is 9.76. The number of halogens is 2. The number of hydrogen-bond donors (Lipinski definition) is 0. The number of aromatic nitrogens is 1. The van der Waals surface area contributed by atoms with E-state index in [2.05, 4.69) is 51.8 Å². The predicted molar refractivity (Wildman–Crippen MR) is 190 cm³/mol. The molecule has 5 rings (SSSR count). The lowest BCUT2D eigenvalue weighted by molar-refractivity contribution is -0.127. The normalized spacial score (nSPS) is 14.8. The SMILES string of the molecule is C=CCOc1c(I)cc(/C=c2/sc3n(c2=O)[C@@H](c2c(OC)ccc4ccccc24)C(C(=O)N(CC)CC)=C(C)N=3)cc1I. The molecule has 1 aliphatic rings. The topological polar surface area (TPSA) is 73.1 Å². The van der Waals surface area contributed by atoms with E-state index in [1.807, 2.05) is 75.4 Å². The van der Waals surface area contributed by atoms with Gasteiger partial charge in [-0.25, -0.2) is 4.99 Å². The van der Waals surface area contributed by atoms with E-state index in [1.165, 1.54) is 11.3 Å². The van der Waals surface area contributed by atoms with Gasteiger partial charge < -0.3 is 14.4 Å². The number of nitrogens with zero attached hydrogens (tertiary/aromatic N) is 3. The van der Waals surface area contributed by atoms with Crippen LogP contribution in [0.1, 0.15) is 37.9 Å². The summed E-state index contributed by atoms with van der Waals surface area (Å²) in [5, 5.41) is 1.91. The maximum atomic E-state index is 14.4. The zero-order chi connectivity index (χ0) is 30.8. The van der Waals surface area contributed by atoms with Crippen LogP contribution in [0.5, 0.6) is 11.5 Å². The lowest BCUT2D eigenvalue weighted by atomic mass is 9.90. The van der Waals surface area contributed by atoms with Crippen molar-refractivity contribution in [2.75, 3.05) is 26.8 Å². The summed E-state index contributed by atoms with van der Waals surface area (Å²) in [6.45, 7) is 11.0. The monoisotopic (exact) mass is 819 g/mol. The first-order chi connectivity index (χ1) is 20.7. The van der Waals surface area contributed by atoms with Crippen LogP contribution < -0.4 is 24.4 Å². The second kappa shape index (κ2) is 13.3. The number of likely N-dealkylation sites (N-methyl/N-ethyl adjacent to an activating group) is 1. The van der Waals surface area contributed by atoms with Gasteiger partial charge in [-0.3, -0.25) is 14.2 Å². The van der Waals surface area contributed by atoms with E-state index in [9.17, 15) is 9.59 Å². The van der Waals surface area contributed by atoms with Gasteiger partial charge in [0.2, 0.25) is 0 Å². The van der Waals surface area contributed by atoms with Crippen LogP contribution >= 0.6 is 56.5 Å². The highest BCUT2D eigenvalue weighted by molar-refractivity contribution is 14.1. The fourth-order valence-electron chi connectivity index (χ4n) is 5.38. The molecular weight excluding hydrogens is 788 g/mol. The summed E-state index contributed by atoms with van der Waals surface area (Å²) in [6, 6.07) is 15.1. The van der Waals surface area contributed by atoms with Gasteiger partial charge >= 0.3 is 0 Å². The first-order valence-electron chi connectivity index (χ1n) is 13.8. The summed E-state index contributed by atoms with van der Waals surface area (Å²) in [7, 11) is 1.62. The van der Waals surface area contributed by atoms with E-state index < -0.39 is 6.04 Å². The molecular formula is C33H31I2N3O4S. The molecule has 1 atom stereocenters. The molecule has 4 aromatic rings. The third-order valence-corrected chi connectivity index (χ3v) is 9.98. The van der Waals surface area contributed by atoms with Gasteiger partial charge in [0.25, 0.3) is 11.5 Å². The summed E-state index contributed by atoms with van der Waals surface area (Å²) in [5.74, 6) is 1.26. The molecule has 1 aromatic heterocycles. The Bertz CT molecular complexity index is 1930. The number of amides is 1. The number of rotatable bonds is 9. The Morgan fingerprint density at radius 2 is 1.84 bits per heavy atom. The number of thiazole rings is 1. The van der Waals surface area contributed by atoms with E-state index in [0.717, 1.165) is 34.8 Å². The van der Waals surface area contributed by atoms with Gasteiger partial charge in [-0.2, -0.15) is 0 Å². The number of allylic oxidation sites excluding steroid dienone is 1. The van der Waals surface area contributed by atoms with Crippen molar-refractivity contribution in [1.82, 2.24) is 9.47 Å². The van der Waals surface area contributed by atoms with Crippen molar-refractivity contribution in [1.29, 1.82) is 0 Å². The first-order valence-corrected chi connectivity index (χ1v) is 16.8. The van der Waals surface area contributed by atoms with E-state index in [-0.39, 0.29) is 11.5 Å². The Balaban J connectivity index is 1.79. The van der Waals surface area contributed by atoms with Crippen molar-refractivity contribution < 1.29 is 14.3 Å². The van der Waals surface area contributed by atoms with Crippen LogP contribution in [0, 0.1) is 7.14 Å². The molecule has 0 radical (unpaired) electrons. The molecule has 0 fully saturated rings. The Hall–Kier alpha value is -2.97. The number of benzene rings is 3. The maximum absolute atomic E-state index is 14.4. The molecule has 0 saturated heterocycles. The summed E-state index contributed by atoms with van der Waals surface area (Å²) in [6.07, 6.45) is 3.59. The van der Waals surface area contributed by atoms with Crippen LogP contribution in [0.3, 0.4) is 0 Å². The average Bonchev–Trinajstić information content (AvgIpc) is 3.29. The molecule has 1 amide bonds. The van der Waals surface area contributed by atoms with Crippen molar-refractivity contribution in [2.45, 2.75) is 26.8 Å².